The largest absolute Gasteiger partial charge is 0.337 e. The molecule has 7 heteroatoms. The summed E-state index contributed by atoms with van der Waals surface area (Å²) in [6, 6.07) is 8.46. The Morgan fingerprint density at radius 1 is 1.26 bits per heavy atom. The van der Waals surface area contributed by atoms with E-state index in [1.54, 1.807) is 11.7 Å². The van der Waals surface area contributed by atoms with Gasteiger partial charge in [-0.05, 0) is 25.3 Å². The van der Waals surface area contributed by atoms with Crippen molar-refractivity contribution < 1.29 is 4.79 Å². The van der Waals surface area contributed by atoms with E-state index in [-0.39, 0.29) is 5.91 Å². The van der Waals surface area contributed by atoms with E-state index in [1.165, 1.54) is 17.3 Å². The second-order valence-corrected chi connectivity index (χ2v) is 7.51. The van der Waals surface area contributed by atoms with Crippen molar-refractivity contribution in [3.8, 4) is 11.1 Å². The molecule has 1 fully saturated rings. The zero-order chi connectivity index (χ0) is 19.0. The Bertz CT molecular complexity index is 949. The lowest BCUT2D eigenvalue weighted by atomic mass is 9.89. The molecule has 0 spiro atoms. The molecule has 3 heterocycles. The summed E-state index contributed by atoms with van der Waals surface area (Å²) in [5.41, 5.74) is 5.17. The van der Waals surface area contributed by atoms with E-state index >= 15 is 0 Å². The highest BCUT2D eigenvalue weighted by Gasteiger charge is 2.29. The van der Waals surface area contributed by atoms with Gasteiger partial charge >= 0.3 is 0 Å². The summed E-state index contributed by atoms with van der Waals surface area (Å²) < 4.78 is 1.54. The van der Waals surface area contributed by atoms with Gasteiger partial charge in [-0.2, -0.15) is 10.2 Å². The first-order valence-electron chi connectivity index (χ1n) is 9.11. The molecule has 0 unspecified atom stereocenters. The van der Waals surface area contributed by atoms with Crippen LogP contribution in [-0.4, -0.2) is 43.9 Å². The maximum absolute atomic E-state index is 12.8. The molecule has 1 saturated heterocycles. The Labute approximate surface area is 163 Å². The fourth-order valence-electron chi connectivity index (χ4n) is 3.82. The van der Waals surface area contributed by atoms with Gasteiger partial charge in [-0.25, -0.2) is 0 Å². The SMILES string of the molecule is Cc1cccc(-c2cn[nH]c2C2CCN(C(=O)c3c(Cl)cnn3C)CC2)c1. The van der Waals surface area contributed by atoms with Crippen LogP contribution >= 0.6 is 11.6 Å². The van der Waals surface area contributed by atoms with Crippen LogP contribution in [0, 0.1) is 6.92 Å². The molecule has 2 aromatic heterocycles. The second kappa shape index (κ2) is 7.19. The van der Waals surface area contributed by atoms with Gasteiger partial charge in [0.1, 0.15) is 5.69 Å². The highest BCUT2D eigenvalue weighted by molar-refractivity contribution is 6.33. The van der Waals surface area contributed by atoms with Crippen molar-refractivity contribution in [2.24, 2.45) is 7.05 Å². The molecule has 4 rings (SSSR count). The molecule has 0 atom stereocenters. The summed E-state index contributed by atoms with van der Waals surface area (Å²) in [4.78, 5) is 14.6. The Hall–Kier alpha value is -2.60. The Kier molecular flexibility index (Phi) is 4.74. The van der Waals surface area contributed by atoms with E-state index < -0.39 is 0 Å². The third kappa shape index (κ3) is 3.37. The average molecular weight is 384 g/mol. The number of piperidine rings is 1. The quantitative estimate of drug-likeness (QED) is 0.748. The van der Waals surface area contributed by atoms with Gasteiger partial charge in [0.25, 0.3) is 5.91 Å². The number of benzene rings is 1. The molecule has 1 aromatic carbocycles. The normalized spacial score (nSPS) is 15.3. The first kappa shape index (κ1) is 17.8. The summed E-state index contributed by atoms with van der Waals surface area (Å²) in [6.07, 6.45) is 5.20. The number of hydrogen-bond acceptors (Lipinski definition) is 3. The molecule has 140 valence electrons. The number of nitrogens with one attached hydrogen (secondary N) is 1. The summed E-state index contributed by atoms with van der Waals surface area (Å²) in [5.74, 6) is 0.302. The number of amides is 1. The van der Waals surface area contributed by atoms with Crippen molar-refractivity contribution in [3.05, 3.63) is 58.6 Å². The van der Waals surface area contributed by atoms with E-state index in [2.05, 4.69) is 46.5 Å². The molecule has 3 aromatic rings. The first-order valence-corrected chi connectivity index (χ1v) is 9.49. The number of aromatic amines is 1. The molecule has 27 heavy (non-hydrogen) atoms. The monoisotopic (exact) mass is 383 g/mol. The summed E-state index contributed by atoms with van der Waals surface area (Å²) in [7, 11) is 1.74. The molecular weight excluding hydrogens is 362 g/mol. The number of nitrogens with zero attached hydrogens (tertiary/aromatic N) is 4. The molecular formula is C20H22ClN5O. The topological polar surface area (TPSA) is 66.8 Å². The van der Waals surface area contributed by atoms with Crippen LogP contribution in [0.4, 0.5) is 0 Å². The molecule has 0 saturated carbocycles. The fraction of sp³-hybridized carbons (Fsp3) is 0.350. The van der Waals surface area contributed by atoms with Crippen LogP contribution in [0.3, 0.4) is 0 Å². The van der Waals surface area contributed by atoms with E-state index in [9.17, 15) is 4.79 Å². The molecule has 0 bridgehead atoms. The smallest absolute Gasteiger partial charge is 0.273 e. The highest BCUT2D eigenvalue weighted by atomic mass is 35.5. The Morgan fingerprint density at radius 3 is 2.70 bits per heavy atom. The number of halogens is 1. The second-order valence-electron chi connectivity index (χ2n) is 7.10. The molecule has 6 nitrogen and oxygen atoms in total. The standard InChI is InChI=1S/C20H22ClN5O/c1-13-4-3-5-15(10-13)16-11-22-24-18(16)14-6-8-26(9-7-14)20(27)19-17(21)12-23-25(19)2/h3-5,10-12,14H,6-9H2,1-2H3,(H,22,24). The van der Waals surface area contributed by atoms with Gasteiger partial charge < -0.3 is 4.90 Å². The summed E-state index contributed by atoms with van der Waals surface area (Å²) >= 11 is 6.13. The van der Waals surface area contributed by atoms with Gasteiger partial charge in [-0.1, -0.05) is 41.4 Å². The van der Waals surface area contributed by atoms with Crippen molar-refractivity contribution in [3.63, 3.8) is 0 Å². The lowest BCUT2D eigenvalue weighted by Gasteiger charge is -2.32. The Balaban J connectivity index is 1.49. The third-order valence-corrected chi connectivity index (χ3v) is 5.56. The number of rotatable bonds is 3. The lowest BCUT2D eigenvalue weighted by Crippen LogP contribution is -2.39. The van der Waals surface area contributed by atoms with Crippen molar-refractivity contribution in [2.75, 3.05) is 13.1 Å². The van der Waals surface area contributed by atoms with Crippen LogP contribution in [0.5, 0.6) is 0 Å². The van der Waals surface area contributed by atoms with Gasteiger partial charge in [0.2, 0.25) is 0 Å². The lowest BCUT2D eigenvalue weighted by molar-refractivity contribution is 0.0701. The maximum Gasteiger partial charge on any atom is 0.273 e. The zero-order valence-electron chi connectivity index (χ0n) is 15.4. The third-order valence-electron chi connectivity index (χ3n) is 5.29. The predicted molar refractivity (Wildman–Crippen MR) is 105 cm³/mol. The number of carbonyl (C=O) groups excluding carboxylic acids is 1. The number of likely N-dealkylation sites (tertiary alicyclic amines) is 1. The molecule has 1 aliphatic rings. The van der Waals surface area contributed by atoms with E-state index in [1.807, 2.05) is 11.1 Å². The van der Waals surface area contributed by atoms with E-state index in [0.29, 0.717) is 29.7 Å². The number of H-pyrrole nitrogens is 1. The van der Waals surface area contributed by atoms with Crippen molar-refractivity contribution in [1.82, 2.24) is 24.9 Å². The molecule has 1 amide bonds. The van der Waals surface area contributed by atoms with Crippen LogP contribution < -0.4 is 0 Å². The van der Waals surface area contributed by atoms with Crippen LogP contribution in [0.2, 0.25) is 5.02 Å². The molecule has 0 aliphatic carbocycles. The van der Waals surface area contributed by atoms with E-state index in [4.69, 9.17) is 11.6 Å². The van der Waals surface area contributed by atoms with Gasteiger partial charge in [0, 0.05) is 37.3 Å². The van der Waals surface area contributed by atoms with Gasteiger partial charge in [0.05, 0.1) is 17.4 Å². The van der Waals surface area contributed by atoms with Crippen molar-refractivity contribution in [2.45, 2.75) is 25.7 Å². The van der Waals surface area contributed by atoms with Gasteiger partial charge in [-0.3, -0.25) is 14.6 Å². The maximum atomic E-state index is 12.8. The Morgan fingerprint density at radius 2 is 2.04 bits per heavy atom. The van der Waals surface area contributed by atoms with Crippen LogP contribution in [-0.2, 0) is 7.05 Å². The highest BCUT2D eigenvalue weighted by Crippen LogP contribution is 2.34. The molecule has 0 radical (unpaired) electrons. The molecule has 1 N–H and O–H groups in total. The first-order chi connectivity index (χ1) is 13.0. The van der Waals surface area contributed by atoms with Crippen molar-refractivity contribution in [1.29, 1.82) is 0 Å². The number of carbonyl (C=O) groups is 1. The average Bonchev–Trinajstić information content (AvgIpc) is 3.28. The fourth-order valence-corrected chi connectivity index (χ4v) is 4.07. The molecule has 1 aliphatic heterocycles. The number of hydrogen-bond donors (Lipinski definition) is 1. The summed E-state index contributed by atoms with van der Waals surface area (Å²) in [5, 5.41) is 11.9. The minimum atomic E-state index is -0.0537. The predicted octanol–water partition coefficient (Wildman–Crippen LogP) is 3.79. The minimum absolute atomic E-state index is 0.0537. The van der Waals surface area contributed by atoms with Gasteiger partial charge in [-0.15, -0.1) is 0 Å². The minimum Gasteiger partial charge on any atom is -0.337 e. The van der Waals surface area contributed by atoms with E-state index in [0.717, 1.165) is 24.1 Å². The van der Waals surface area contributed by atoms with Gasteiger partial charge in [0.15, 0.2) is 0 Å². The van der Waals surface area contributed by atoms with Crippen LogP contribution in [0.1, 0.15) is 40.5 Å². The number of aromatic nitrogens is 4. The van der Waals surface area contributed by atoms with Crippen LogP contribution in [0.25, 0.3) is 11.1 Å². The zero-order valence-corrected chi connectivity index (χ0v) is 16.2. The van der Waals surface area contributed by atoms with Crippen molar-refractivity contribution >= 4 is 17.5 Å². The summed E-state index contributed by atoms with van der Waals surface area (Å²) in [6.45, 7) is 3.48. The number of aryl methyl sites for hydroxylation is 2. The van der Waals surface area contributed by atoms with Crippen LogP contribution in [0.15, 0.2) is 36.7 Å².